The van der Waals surface area contributed by atoms with Gasteiger partial charge in [0.05, 0.1) is 4.90 Å². The van der Waals surface area contributed by atoms with Gasteiger partial charge in [0.1, 0.15) is 19.3 Å². The van der Waals surface area contributed by atoms with Crippen molar-refractivity contribution in [3.8, 4) is 11.5 Å². The largest absolute Gasteiger partial charge is 0.486 e. The number of para-hydroxylation sites is 1. The lowest BCUT2D eigenvalue weighted by Gasteiger charge is -2.22. The van der Waals surface area contributed by atoms with Crippen molar-refractivity contribution in [2.75, 3.05) is 25.1 Å². The summed E-state index contributed by atoms with van der Waals surface area (Å²) < 4.78 is 44.1. The summed E-state index contributed by atoms with van der Waals surface area (Å²) in [5.41, 5.74) is 2.40. The number of amides is 1. The van der Waals surface area contributed by atoms with Gasteiger partial charge >= 0.3 is 5.97 Å². The molecule has 0 spiro atoms. The zero-order chi connectivity index (χ0) is 24.2. The lowest BCUT2D eigenvalue weighted by atomic mass is 10.1. The van der Waals surface area contributed by atoms with Crippen molar-refractivity contribution >= 4 is 27.6 Å². The van der Waals surface area contributed by atoms with Crippen LogP contribution in [0.5, 0.6) is 11.5 Å². The third kappa shape index (κ3) is 6.02. The average Bonchev–Trinajstić information content (AvgIpc) is 2.78. The van der Waals surface area contributed by atoms with Crippen LogP contribution in [0.3, 0.4) is 0 Å². The SMILES string of the molecule is Cc1cccc(C)c1NC(=O)COC(=O)[C@H](NS(=O)(=O)c1ccc2c(c1)OCCO2)C(C)C. The number of fused-ring (bicyclic) bond motifs is 1. The van der Waals surface area contributed by atoms with E-state index in [2.05, 4.69) is 10.0 Å². The predicted molar refractivity (Wildman–Crippen MR) is 122 cm³/mol. The maximum absolute atomic E-state index is 12.9. The molecule has 3 rings (SSSR count). The molecule has 178 valence electrons. The van der Waals surface area contributed by atoms with Gasteiger partial charge in [0.15, 0.2) is 18.1 Å². The molecule has 10 heteroatoms. The van der Waals surface area contributed by atoms with Crippen molar-refractivity contribution in [1.82, 2.24) is 4.72 Å². The van der Waals surface area contributed by atoms with Crippen LogP contribution in [0.25, 0.3) is 0 Å². The van der Waals surface area contributed by atoms with Crippen LogP contribution in [0, 0.1) is 19.8 Å². The van der Waals surface area contributed by atoms with Gasteiger partial charge in [0.2, 0.25) is 10.0 Å². The molecule has 0 unspecified atom stereocenters. The number of nitrogens with one attached hydrogen (secondary N) is 2. The van der Waals surface area contributed by atoms with E-state index in [-0.39, 0.29) is 4.90 Å². The predicted octanol–water partition coefficient (Wildman–Crippen LogP) is 2.56. The Balaban J connectivity index is 1.65. The van der Waals surface area contributed by atoms with Crippen LogP contribution in [0.4, 0.5) is 5.69 Å². The summed E-state index contributed by atoms with van der Waals surface area (Å²) in [5, 5.41) is 2.72. The Morgan fingerprint density at radius 3 is 2.30 bits per heavy atom. The Morgan fingerprint density at radius 1 is 1.03 bits per heavy atom. The van der Waals surface area contributed by atoms with Crippen molar-refractivity contribution < 1.29 is 32.2 Å². The van der Waals surface area contributed by atoms with Crippen molar-refractivity contribution in [2.45, 2.75) is 38.6 Å². The zero-order valence-corrected chi connectivity index (χ0v) is 19.8. The number of sulfonamides is 1. The number of benzene rings is 2. The van der Waals surface area contributed by atoms with E-state index in [0.29, 0.717) is 30.4 Å². The maximum Gasteiger partial charge on any atom is 0.324 e. The topological polar surface area (TPSA) is 120 Å². The summed E-state index contributed by atoms with van der Waals surface area (Å²) in [4.78, 5) is 24.9. The molecule has 33 heavy (non-hydrogen) atoms. The van der Waals surface area contributed by atoms with Crippen LogP contribution in [0.1, 0.15) is 25.0 Å². The highest BCUT2D eigenvalue weighted by Crippen LogP contribution is 2.32. The van der Waals surface area contributed by atoms with E-state index in [0.717, 1.165) is 11.1 Å². The Labute approximate surface area is 193 Å². The second-order valence-electron chi connectivity index (χ2n) is 8.07. The monoisotopic (exact) mass is 476 g/mol. The van der Waals surface area contributed by atoms with Gasteiger partial charge < -0.3 is 19.5 Å². The summed E-state index contributed by atoms with van der Waals surface area (Å²) in [5.74, 6) is -1.02. The van der Waals surface area contributed by atoms with Crippen molar-refractivity contribution in [1.29, 1.82) is 0 Å². The number of carbonyl (C=O) groups is 2. The summed E-state index contributed by atoms with van der Waals surface area (Å²) in [7, 11) is -4.07. The standard InChI is InChI=1S/C23H28N2O7S/c1-14(2)21(23(27)32-13-20(26)24-22-15(3)6-5-7-16(22)4)25-33(28,29)17-8-9-18-19(12-17)31-11-10-30-18/h5-9,12,14,21,25H,10-11,13H2,1-4H3,(H,24,26)/t21-/m1/s1. The molecule has 1 aliphatic rings. The lowest BCUT2D eigenvalue weighted by Crippen LogP contribution is -2.45. The Hall–Kier alpha value is -3.11. The normalized spacial score (nSPS) is 14.0. The van der Waals surface area contributed by atoms with Crippen LogP contribution in [0.15, 0.2) is 41.3 Å². The Morgan fingerprint density at radius 2 is 1.67 bits per heavy atom. The molecule has 1 heterocycles. The number of esters is 1. The van der Waals surface area contributed by atoms with E-state index in [1.807, 2.05) is 32.0 Å². The molecule has 0 radical (unpaired) electrons. The molecule has 0 bridgehead atoms. The van der Waals surface area contributed by atoms with Gasteiger partial charge in [0, 0.05) is 11.8 Å². The number of hydrogen-bond donors (Lipinski definition) is 2. The van der Waals surface area contributed by atoms with Gasteiger partial charge in [-0.15, -0.1) is 0 Å². The number of hydrogen-bond acceptors (Lipinski definition) is 7. The molecular weight excluding hydrogens is 448 g/mol. The first-order chi connectivity index (χ1) is 15.6. The molecule has 0 fully saturated rings. The zero-order valence-electron chi connectivity index (χ0n) is 19.0. The first kappa shape index (κ1) is 24.5. The fourth-order valence-corrected chi connectivity index (χ4v) is 4.64. The van der Waals surface area contributed by atoms with Gasteiger partial charge in [-0.2, -0.15) is 4.72 Å². The number of carbonyl (C=O) groups excluding carboxylic acids is 2. The third-order valence-electron chi connectivity index (χ3n) is 5.12. The molecule has 0 saturated heterocycles. The van der Waals surface area contributed by atoms with Crippen LogP contribution >= 0.6 is 0 Å². The summed E-state index contributed by atoms with van der Waals surface area (Å²) in [6.07, 6.45) is 0. The highest BCUT2D eigenvalue weighted by molar-refractivity contribution is 7.89. The van der Waals surface area contributed by atoms with Crippen LogP contribution in [-0.4, -0.2) is 46.2 Å². The molecule has 1 atom stereocenters. The lowest BCUT2D eigenvalue weighted by molar-refractivity contribution is -0.150. The van der Waals surface area contributed by atoms with E-state index in [4.69, 9.17) is 14.2 Å². The average molecular weight is 477 g/mol. The fraction of sp³-hybridized carbons (Fsp3) is 0.391. The van der Waals surface area contributed by atoms with Gasteiger partial charge in [-0.1, -0.05) is 32.0 Å². The molecule has 0 aromatic heterocycles. The smallest absolute Gasteiger partial charge is 0.324 e. The quantitative estimate of drug-likeness (QED) is 0.562. The van der Waals surface area contributed by atoms with Crippen LogP contribution < -0.4 is 19.5 Å². The summed E-state index contributed by atoms with van der Waals surface area (Å²) in [6, 6.07) is 8.63. The molecule has 9 nitrogen and oxygen atoms in total. The molecule has 1 amide bonds. The Bertz CT molecular complexity index is 1130. The third-order valence-corrected chi connectivity index (χ3v) is 6.56. The summed E-state index contributed by atoms with van der Waals surface area (Å²) >= 11 is 0. The molecule has 2 aromatic rings. The van der Waals surface area contributed by atoms with Crippen molar-refractivity contribution in [3.63, 3.8) is 0 Å². The van der Waals surface area contributed by atoms with Gasteiger partial charge in [-0.25, -0.2) is 8.42 Å². The van der Waals surface area contributed by atoms with Gasteiger partial charge in [0.25, 0.3) is 5.91 Å². The molecule has 1 aliphatic heterocycles. The molecule has 0 saturated carbocycles. The van der Waals surface area contributed by atoms with E-state index in [1.54, 1.807) is 13.8 Å². The number of anilines is 1. The van der Waals surface area contributed by atoms with Crippen molar-refractivity contribution in [3.05, 3.63) is 47.5 Å². The van der Waals surface area contributed by atoms with Crippen molar-refractivity contribution in [2.24, 2.45) is 5.92 Å². The molecular formula is C23H28N2O7S. The fourth-order valence-electron chi connectivity index (χ4n) is 3.30. The highest BCUT2D eigenvalue weighted by atomic mass is 32.2. The first-order valence-electron chi connectivity index (χ1n) is 10.5. The van der Waals surface area contributed by atoms with Crippen LogP contribution in [0.2, 0.25) is 0 Å². The number of aryl methyl sites for hydroxylation is 2. The second kappa shape index (κ2) is 10.2. The van der Waals surface area contributed by atoms with Gasteiger partial charge in [-0.3, -0.25) is 9.59 Å². The van der Waals surface area contributed by atoms with E-state index < -0.39 is 40.5 Å². The highest BCUT2D eigenvalue weighted by Gasteiger charge is 2.31. The minimum atomic E-state index is -4.07. The second-order valence-corrected chi connectivity index (χ2v) is 9.79. The Kier molecular flexibility index (Phi) is 7.60. The number of ether oxygens (including phenoxy) is 3. The van der Waals surface area contributed by atoms with E-state index >= 15 is 0 Å². The first-order valence-corrected chi connectivity index (χ1v) is 12.0. The molecule has 0 aliphatic carbocycles. The van der Waals surface area contributed by atoms with Gasteiger partial charge in [-0.05, 0) is 43.0 Å². The molecule has 2 aromatic carbocycles. The summed E-state index contributed by atoms with van der Waals surface area (Å²) in [6.45, 7) is 7.22. The minimum Gasteiger partial charge on any atom is -0.486 e. The van der Waals surface area contributed by atoms with Crippen LogP contribution in [-0.2, 0) is 24.3 Å². The minimum absolute atomic E-state index is 0.0713. The number of rotatable bonds is 8. The maximum atomic E-state index is 12.9. The van der Waals surface area contributed by atoms with E-state index in [9.17, 15) is 18.0 Å². The molecule has 2 N–H and O–H groups in total. The van der Waals surface area contributed by atoms with E-state index in [1.165, 1.54) is 18.2 Å².